The molecule has 2 bridgehead atoms. The molecule has 0 spiro atoms. The molecule has 2 nitrogen and oxygen atoms in total. The molecule has 0 fully saturated rings. The minimum Gasteiger partial charge on any atom is -0.310 e. The molecule has 7 aromatic rings. The van der Waals surface area contributed by atoms with Crippen LogP contribution in [0.1, 0.15) is 11.5 Å². The predicted octanol–water partition coefficient (Wildman–Crippen LogP) is 10.8. The summed E-state index contributed by atoms with van der Waals surface area (Å²) in [6, 6.07) is 48.6. The summed E-state index contributed by atoms with van der Waals surface area (Å²) in [6.45, 7) is 0. The van der Waals surface area contributed by atoms with E-state index in [4.69, 9.17) is 0 Å². The zero-order valence-electron chi connectivity index (χ0n) is 23.6. The Morgan fingerprint density at radius 3 is 2.28 bits per heavy atom. The maximum atomic E-state index is 2.42. The summed E-state index contributed by atoms with van der Waals surface area (Å²) in [4.78, 5) is 2.42. The van der Waals surface area contributed by atoms with Crippen molar-refractivity contribution in [3.63, 3.8) is 0 Å². The standard InChI is InChI=1S/C41H28N2/c1-2-14-32(15-3-1)43-38-19-9-8-17-36(38)37-27-30(22-24-39(37)43)35-18-10-20-40-41(35)31-13-6-7-16-33(26-31)42(40)34-23-21-28-11-4-5-12-29(28)25-34/h1-27,31H. The van der Waals surface area contributed by atoms with Crippen LogP contribution in [0.25, 0.3) is 49.4 Å². The van der Waals surface area contributed by atoms with Gasteiger partial charge in [0.25, 0.3) is 0 Å². The molecule has 1 aromatic heterocycles. The van der Waals surface area contributed by atoms with E-state index >= 15 is 0 Å². The summed E-state index contributed by atoms with van der Waals surface area (Å²) in [5, 5.41) is 5.04. The lowest BCUT2D eigenvalue weighted by Gasteiger charge is -2.35. The number of benzene rings is 6. The van der Waals surface area contributed by atoms with Gasteiger partial charge in [0.1, 0.15) is 0 Å². The molecule has 0 saturated heterocycles. The minimum absolute atomic E-state index is 0.189. The van der Waals surface area contributed by atoms with Crippen LogP contribution in [-0.2, 0) is 0 Å². The molecule has 2 heteroatoms. The van der Waals surface area contributed by atoms with Gasteiger partial charge in [-0.15, -0.1) is 0 Å². The molecule has 0 amide bonds. The lowest BCUT2D eigenvalue weighted by atomic mass is 9.85. The molecule has 202 valence electrons. The number of allylic oxidation sites excluding steroid dienone is 5. The monoisotopic (exact) mass is 548 g/mol. The van der Waals surface area contributed by atoms with Gasteiger partial charge < -0.3 is 9.47 Å². The van der Waals surface area contributed by atoms with E-state index in [-0.39, 0.29) is 5.92 Å². The quantitative estimate of drug-likeness (QED) is 0.213. The molecule has 6 aromatic carbocycles. The second-order valence-electron chi connectivity index (χ2n) is 11.4. The summed E-state index contributed by atoms with van der Waals surface area (Å²) in [5.41, 5.74) is 11.1. The molecule has 9 rings (SSSR count). The summed E-state index contributed by atoms with van der Waals surface area (Å²) in [7, 11) is 0. The average Bonchev–Trinajstić information content (AvgIpc) is 3.25. The van der Waals surface area contributed by atoms with Gasteiger partial charge in [-0.25, -0.2) is 0 Å². The van der Waals surface area contributed by atoms with E-state index in [0.29, 0.717) is 0 Å². The van der Waals surface area contributed by atoms with Gasteiger partial charge >= 0.3 is 0 Å². The molecule has 1 aliphatic heterocycles. The molecule has 2 heterocycles. The van der Waals surface area contributed by atoms with E-state index in [1.54, 1.807) is 0 Å². The number of hydrogen-bond donors (Lipinski definition) is 0. The van der Waals surface area contributed by atoms with E-state index in [9.17, 15) is 0 Å². The van der Waals surface area contributed by atoms with Crippen molar-refractivity contribution in [2.45, 2.75) is 5.92 Å². The highest BCUT2D eigenvalue weighted by Gasteiger charge is 2.29. The van der Waals surface area contributed by atoms with Crippen LogP contribution in [0.5, 0.6) is 0 Å². The van der Waals surface area contributed by atoms with Crippen LogP contribution in [0.15, 0.2) is 170 Å². The lowest BCUT2D eigenvalue weighted by Crippen LogP contribution is -2.22. The Hall–Kier alpha value is -5.60. The first-order valence-corrected chi connectivity index (χ1v) is 14.9. The van der Waals surface area contributed by atoms with Gasteiger partial charge in [0, 0.05) is 33.8 Å². The molecule has 2 aliphatic rings. The normalized spacial score (nSPS) is 15.6. The molecule has 43 heavy (non-hydrogen) atoms. The Labute approximate surface area is 250 Å². The van der Waals surface area contributed by atoms with E-state index in [1.807, 2.05) is 0 Å². The van der Waals surface area contributed by atoms with Crippen molar-refractivity contribution in [1.29, 1.82) is 0 Å². The third kappa shape index (κ3) is 3.73. The zero-order chi connectivity index (χ0) is 28.3. The van der Waals surface area contributed by atoms with Gasteiger partial charge in [-0.1, -0.05) is 103 Å². The summed E-state index contributed by atoms with van der Waals surface area (Å²) < 4.78 is 2.38. The van der Waals surface area contributed by atoms with Crippen LogP contribution in [0.2, 0.25) is 0 Å². The van der Waals surface area contributed by atoms with Gasteiger partial charge in [-0.05, 0) is 88.1 Å². The SMILES string of the molecule is C1=CC2=CC(C=C1)c1c(-c3ccc4c(c3)c3ccccc3n4-c3ccccc3)cccc1N2c1ccc2ccccc2c1. The minimum atomic E-state index is 0.189. The van der Waals surface area contributed by atoms with Crippen molar-refractivity contribution >= 4 is 44.0 Å². The molecule has 0 saturated carbocycles. The van der Waals surface area contributed by atoms with Crippen LogP contribution in [0.4, 0.5) is 11.4 Å². The van der Waals surface area contributed by atoms with E-state index in [2.05, 4.69) is 173 Å². The Bertz CT molecular complexity index is 2300. The number of rotatable bonds is 3. The maximum Gasteiger partial charge on any atom is 0.0541 e. The second-order valence-corrected chi connectivity index (χ2v) is 11.4. The van der Waals surface area contributed by atoms with Crippen LogP contribution >= 0.6 is 0 Å². The van der Waals surface area contributed by atoms with Crippen molar-refractivity contribution in [3.8, 4) is 16.8 Å². The Balaban J connectivity index is 1.26. The first kappa shape index (κ1) is 24.0. The van der Waals surface area contributed by atoms with Crippen LogP contribution in [-0.4, -0.2) is 4.57 Å². The molecule has 1 atom stereocenters. The molecule has 1 unspecified atom stereocenters. The first-order chi connectivity index (χ1) is 21.3. The van der Waals surface area contributed by atoms with E-state index in [0.717, 1.165) is 0 Å². The van der Waals surface area contributed by atoms with Crippen molar-refractivity contribution in [2.75, 3.05) is 4.90 Å². The molecular weight excluding hydrogens is 520 g/mol. The number of nitrogens with zero attached hydrogens (tertiary/aromatic N) is 2. The van der Waals surface area contributed by atoms with Crippen molar-refractivity contribution in [2.24, 2.45) is 0 Å². The van der Waals surface area contributed by atoms with Gasteiger partial charge in [0.2, 0.25) is 0 Å². The maximum absolute atomic E-state index is 2.42. The highest BCUT2D eigenvalue weighted by Crippen LogP contribution is 2.48. The number of aromatic nitrogens is 1. The lowest BCUT2D eigenvalue weighted by molar-refractivity contribution is 1.00. The smallest absolute Gasteiger partial charge is 0.0541 e. The Kier molecular flexibility index (Phi) is 5.30. The van der Waals surface area contributed by atoms with Gasteiger partial charge in [0.15, 0.2) is 0 Å². The first-order valence-electron chi connectivity index (χ1n) is 14.9. The van der Waals surface area contributed by atoms with Crippen molar-refractivity contribution < 1.29 is 0 Å². The average molecular weight is 549 g/mol. The molecule has 0 N–H and O–H groups in total. The summed E-state index contributed by atoms with van der Waals surface area (Å²) in [6.07, 6.45) is 11.3. The van der Waals surface area contributed by atoms with Crippen LogP contribution in [0.3, 0.4) is 0 Å². The fourth-order valence-corrected chi connectivity index (χ4v) is 7.05. The number of fused-ring (bicyclic) bond motifs is 7. The van der Waals surface area contributed by atoms with E-state index in [1.165, 1.54) is 72.0 Å². The second kappa shape index (κ2) is 9.47. The fourth-order valence-electron chi connectivity index (χ4n) is 7.05. The van der Waals surface area contributed by atoms with Crippen molar-refractivity contribution in [3.05, 3.63) is 175 Å². The molecular formula is C41H28N2. The highest BCUT2D eigenvalue weighted by molar-refractivity contribution is 6.10. The Morgan fingerprint density at radius 2 is 1.35 bits per heavy atom. The van der Waals surface area contributed by atoms with Gasteiger partial charge in [0.05, 0.1) is 16.7 Å². The van der Waals surface area contributed by atoms with Crippen molar-refractivity contribution in [1.82, 2.24) is 4.57 Å². The van der Waals surface area contributed by atoms with Crippen LogP contribution < -0.4 is 4.90 Å². The summed E-state index contributed by atoms with van der Waals surface area (Å²) >= 11 is 0. The Morgan fingerprint density at radius 1 is 0.535 bits per heavy atom. The molecule has 1 aliphatic carbocycles. The van der Waals surface area contributed by atoms with Gasteiger partial charge in [-0.2, -0.15) is 0 Å². The van der Waals surface area contributed by atoms with E-state index < -0.39 is 0 Å². The zero-order valence-corrected chi connectivity index (χ0v) is 23.6. The molecule has 0 radical (unpaired) electrons. The highest BCUT2D eigenvalue weighted by atomic mass is 15.2. The largest absolute Gasteiger partial charge is 0.310 e. The number of anilines is 2. The number of para-hydroxylation sites is 2. The number of hydrogen-bond acceptors (Lipinski definition) is 1. The summed E-state index contributed by atoms with van der Waals surface area (Å²) in [5.74, 6) is 0.189. The predicted molar refractivity (Wildman–Crippen MR) is 181 cm³/mol. The third-order valence-corrected chi connectivity index (χ3v) is 8.95. The van der Waals surface area contributed by atoms with Gasteiger partial charge in [-0.3, -0.25) is 0 Å². The third-order valence-electron chi connectivity index (χ3n) is 8.95. The fraction of sp³-hybridized carbons (Fsp3) is 0.0244. The van der Waals surface area contributed by atoms with Crippen LogP contribution in [0, 0.1) is 0 Å². The topological polar surface area (TPSA) is 8.17 Å².